The molecule has 3 rings (SSSR count). The second kappa shape index (κ2) is 7.79. The molecule has 28 heavy (non-hydrogen) atoms. The van der Waals surface area contributed by atoms with Crippen molar-refractivity contribution in [3.63, 3.8) is 0 Å². The van der Waals surface area contributed by atoms with Crippen molar-refractivity contribution in [2.45, 2.75) is 9.83 Å². The number of benzene rings is 3. The summed E-state index contributed by atoms with van der Waals surface area (Å²) in [5.74, 6) is -0.597. The Labute approximate surface area is 172 Å². The molecule has 5 nitrogen and oxygen atoms in total. The monoisotopic (exact) mass is 479 g/mol. The van der Waals surface area contributed by atoms with Crippen molar-refractivity contribution < 1.29 is 21.4 Å². The molecule has 0 heterocycles. The van der Waals surface area contributed by atoms with Crippen LogP contribution in [-0.2, 0) is 29.8 Å². The SMILES string of the molecule is O=S(=O)([O-])C(c1ccccc1)(c1ccc(Br)cc1)S(=O)(=O)Cc1ccccc1. The second-order valence-electron chi connectivity index (χ2n) is 6.19. The van der Waals surface area contributed by atoms with Gasteiger partial charge in [-0.3, -0.25) is 0 Å². The molecule has 0 amide bonds. The smallest absolute Gasteiger partial charge is 0.211 e. The van der Waals surface area contributed by atoms with Gasteiger partial charge < -0.3 is 4.55 Å². The van der Waals surface area contributed by atoms with E-state index in [1.807, 2.05) is 0 Å². The van der Waals surface area contributed by atoms with Crippen molar-refractivity contribution in [2.75, 3.05) is 0 Å². The Hall–Kier alpha value is -2.00. The van der Waals surface area contributed by atoms with Crippen LogP contribution in [0.2, 0.25) is 0 Å². The summed E-state index contributed by atoms with van der Waals surface area (Å²) in [6, 6.07) is 21.2. The van der Waals surface area contributed by atoms with Crippen LogP contribution in [0.1, 0.15) is 16.7 Å². The first-order valence-electron chi connectivity index (χ1n) is 8.22. The minimum absolute atomic E-state index is 0.108. The Bertz CT molecular complexity index is 1160. The number of halogens is 1. The van der Waals surface area contributed by atoms with Gasteiger partial charge in [0.25, 0.3) is 0 Å². The molecule has 0 saturated carbocycles. The fourth-order valence-corrected chi connectivity index (χ4v) is 7.55. The van der Waals surface area contributed by atoms with Crippen molar-refractivity contribution in [1.82, 2.24) is 0 Å². The average Bonchev–Trinajstić information content (AvgIpc) is 2.64. The fraction of sp³-hybridized carbons (Fsp3) is 0.100. The molecule has 8 heteroatoms. The van der Waals surface area contributed by atoms with Gasteiger partial charge in [-0.1, -0.05) is 88.7 Å². The number of hydrogen-bond donors (Lipinski definition) is 0. The molecular formula is C20H16BrO5S2-. The van der Waals surface area contributed by atoms with Crippen molar-refractivity contribution in [3.8, 4) is 0 Å². The molecule has 0 aliphatic rings. The molecule has 0 fully saturated rings. The summed E-state index contributed by atoms with van der Waals surface area (Å²) in [6.45, 7) is 0. The first kappa shape index (κ1) is 20.7. The lowest BCUT2D eigenvalue weighted by atomic mass is 10.0. The Morgan fingerprint density at radius 3 is 1.68 bits per heavy atom. The fourth-order valence-electron chi connectivity index (χ4n) is 3.19. The van der Waals surface area contributed by atoms with E-state index in [0.717, 1.165) is 0 Å². The van der Waals surface area contributed by atoms with Gasteiger partial charge in [0.05, 0.1) is 5.75 Å². The zero-order valence-corrected chi connectivity index (χ0v) is 17.7. The zero-order chi connectivity index (χ0) is 20.4. The third-order valence-corrected chi connectivity index (χ3v) is 9.51. The normalized spacial score (nSPS) is 14.4. The van der Waals surface area contributed by atoms with E-state index in [1.165, 1.54) is 48.5 Å². The summed E-state index contributed by atoms with van der Waals surface area (Å²) in [5, 5.41) is 0. The molecule has 3 aromatic rings. The van der Waals surface area contributed by atoms with E-state index in [0.29, 0.717) is 10.0 Å². The minimum atomic E-state index is -5.38. The van der Waals surface area contributed by atoms with E-state index in [1.54, 1.807) is 36.4 Å². The predicted molar refractivity (Wildman–Crippen MR) is 110 cm³/mol. The van der Waals surface area contributed by atoms with Crippen LogP contribution >= 0.6 is 15.9 Å². The molecule has 0 bridgehead atoms. The third-order valence-electron chi connectivity index (χ3n) is 4.37. The zero-order valence-electron chi connectivity index (χ0n) is 14.5. The van der Waals surface area contributed by atoms with Gasteiger partial charge in [0.15, 0.2) is 9.84 Å². The molecule has 0 saturated heterocycles. The predicted octanol–water partition coefficient (Wildman–Crippen LogP) is 3.81. The van der Waals surface area contributed by atoms with Crippen molar-refractivity contribution in [3.05, 3.63) is 106 Å². The van der Waals surface area contributed by atoms with Gasteiger partial charge in [-0.05, 0) is 28.8 Å². The highest BCUT2D eigenvalue weighted by molar-refractivity contribution is 9.10. The number of sulfone groups is 1. The summed E-state index contributed by atoms with van der Waals surface area (Å²) in [6.07, 6.45) is 0. The largest absolute Gasteiger partial charge is 0.746 e. The van der Waals surface area contributed by atoms with Gasteiger partial charge in [-0.2, -0.15) is 0 Å². The molecule has 0 spiro atoms. The molecule has 0 N–H and O–H groups in total. The van der Waals surface area contributed by atoms with Crippen LogP contribution in [0.5, 0.6) is 0 Å². The quantitative estimate of drug-likeness (QED) is 0.501. The molecule has 0 aromatic heterocycles. The van der Waals surface area contributed by atoms with Crippen LogP contribution in [-0.4, -0.2) is 21.4 Å². The van der Waals surface area contributed by atoms with Gasteiger partial charge in [0.1, 0.15) is 10.1 Å². The van der Waals surface area contributed by atoms with Crippen LogP contribution in [0.3, 0.4) is 0 Å². The Kier molecular flexibility index (Phi) is 5.77. The Morgan fingerprint density at radius 2 is 1.18 bits per heavy atom. The van der Waals surface area contributed by atoms with Crippen molar-refractivity contribution in [2.24, 2.45) is 0 Å². The van der Waals surface area contributed by atoms with Crippen LogP contribution in [0.25, 0.3) is 0 Å². The van der Waals surface area contributed by atoms with E-state index in [-0.39, 0.29) is 11.1 Å². The van der Waals surface area contributed by atoms with E-state index in [4.69, 9.17) is 0 Å². The lowest BCUT2D eigenvalue weighted by Crippen LogP contribution is -2.45. The first-order chi connectivity index (χ1) is 13.2. The van der Waals surface area contributed by atoms with Crippen LogP contribution in [0, 0.1) is 0 Å². The molecule has 0 aliphatic heterocycles. The van der Waals surface area contributed by atoms with E-state index < -0.39 is 29.8 Å². The molecule has 1 atom stereocenters. The Balaban J connectivity index is 2.37. The molecular weight excluding hydrogens is 464 g/mol. The van der Waals surface area contributed by atoms with Gasteiger partial charge in [0, 0.05) is 4.47 Å². The topological polar surface area (TPSA) is 91.3 Å². The second-order valence-corrected chi connectivity index (χ2v) is 11.0. The molecule has 3 aromatic carbocycles. The highest BCUT2D eigenvalue weighted by Gasteiger charge is 2.53. The number of rotatable bonds is 6. The summed E-state index contributed by atoms with van der Waals surface area (Å²) < 4.78 is 62.9. The van der Waals surface area contributed by atoms with Gasteiger partial charge in [0.2, 0.25) is 4.08 Å². The Morgan fingerprint density at radius 1 is 0.714 bits per heavy atom. The van der Waals surface area contributed by atoms with Crippen LogP contribution < -0.4 is 0 Å². The lowest BCUT2D eigenvalue weighted by molar-refractivity contribution is 0.445. The molecule has 1 unspecified atom stereocenters. The third kappa shape index (κ3) is 3.65. The van der Waals surface area contributed by atoms with Gasteiger partial charge in [-0.25, -0.2) is 16.8 Å². The maximum absolute atomic E-state index is 13.6. The van der Waals surface area contributed by atoms with E-state index in [2.05, 4.69) is 15.9 Å². The first-order valence-corrected chi connectivity index (χ1v) is 12.1. The summed E-state index contributed by atoms with van der Waals surface area (Å²) >= 11 is 3.25. The molecule has 146 valence electrons. The average molecular weight is 480 g/mol. The standard InChI is InChI=1S/C20H17BrO5S2/c21-19-13-11-18(12-14-19)20(28(24,25)26,17-9-5-2-6-10-17)27(22,23)15-16-7-3-1-4-8-16/h1-14H,15H2,(H,24,25,26)/p-1. The number of hydrogen-bond acceptors (Lipinski definition) is 5. The highest BCUT2D eigenvalue weighted by atomic mass is 79.9. The van der Waals surface area contributed by atoms with Crippen molar-refractivity contribution >= 4 is 35.9 Å². The maximum atomic E-state index is 13.6. The lowest BCUT2D eigenvalue weighted by Gasteiger charge is -2.36. The highest BCUT2D eigenvalue weighted by Crippen LogP contribution is 2.44. The van der Waals surface area contributed by atoms with Crippen molar-refractivity contribution in [1.29, 1.82) is 0 Å². The minimum Gasteiger partial charge on any atom is -0.746 e. The van der Waals surface area contributed by atoms with E-state index in [9.17, 15) is 21.4 Å². The van der Waals surface area contributed by atoms with Crippen LogP contribution in [0.15, 0.2) is 89.4 Å². The molecule has 0 radical (unpaired) electrons. The molecule has 0 aliphatic carbocycles. The summed E-state index contributed by atoms with van der Waals surface area (Å²) in [7, 11) is -9.91. The van der Waals surface area contributed by atoms with Gasteiger partial charge >= 0.3 is 0 Å². The van der Waals surface area contributed by atoms with Gasteiger partial charge in [-0.15, -0.1) is 0 Å². The maximum Gasteiger partial charge on any atom is 0.211 e. The van der Waals surface area contributed by atoms with Crippen LogP contribution in [0.4, 0.5) is 0 Å². The van der Waals surface area contributed by atoms with E-state index >= 15 is 0 Å². The summed E-state index contributed by atoms with van der Waals surface area (Å²) in [5.41, 5.74) is 0.166. The summed E-state index contributed by atoms with van der Waals surface area (Å²) in [4.78, 5) is 0.